The fourth-order valence-electron chi connectivity index (χ4n) is 6.20. The van der Waals surface area contributed by atoms with E-state index in [1.54, 1.807) is 0 Å². The van der Waals surface area contributed by atoms with Crippen LogP contribution in [0, 0.1) is 5.92 Å². The number of hydrogen-bond acceptors (Lipinski definition) is 4. The second-order valence-electron chi connectivity index (χ2n) is 12.6. The van der Waals surface area contributed by atoms with Crippen LogP contribution in [0.25, 0.3) is 0 Å². The standard InChI is InChI=1S/C35H48FN3O2/c1-7-38(8-2)23-25-17-19-26(20-18-25)32-29(33(40)37-28-14-10-13-27(22-28)35(4,5)6)15-11-21-39(32)34(41)31-24(3)12-9-16-30(31)36/h9-10,12-14,17-20,22,29-30,32,34,41H,7-8,11,15-16,21,23H2,1-6H3,(H,37,40)/t29?,30-,32?,34?/m0/s1. The molecule has 1 aliphatic heterocycles. The minimum atomic E-state index is -1.23. The molecule has 1 aliphatic carbocycles. The van der Waals surface area contributed by atoms with E-state index in [9.17, 15) is 9.90 Å². The summed E-state index contributed by atoms with van der Waals surface area (Å²) in [7, 11) is 0. The summed E-state index contributed by atoms with van der Waals surface area (Å²) in [6.07, 6.45) is 3.07. The van der Waals surface area contributed by atoms with Crippen LogP contribution < -0.4 is 5.32 Å². The first-order valence-electron chi connectivity index (χ1n) is 15.2. The first-order valence-corrected chi connectivity index (χ1v) is 15.2. The van der Waals surface area contributed by atoms with Gasteiger partial charge in [0.2, 0.25) is 5.91 Å². The van der Waals surface area contributed by atoms with Crippen LogP contribution in [0.15, 0.2) is 71.8 Å². The fourth-order valence-corrected chi connectivity index (χ4v) is 6.20. The maximum atomic E-state index is 15.2. The molecule has 1 heterocycles. The SMILES string of the molecule is CCN(CC)Cc1ccc(C2C(C(=O)Nc3cccc(C(C)(C)C)c3)CCCN2C(O)C2=C(C)C=CC[C@@H]2F)cc1. The Labute approximate surface area is 246 Å². The molecule has 2 aromatic rings. The number of rotatable bonds is 9. The predicted molar refractivity (Wildman–Crippen MR) is 166 cm³/mol. The van der Waals surface area contributed by atoms with E-state index in [4.69, 9.17) is 0 Å². The number of carbonyl (C=O) groups excluding carboxylic acids is 1. The lowest BCUT2D eigenvalue weighted by Gasteiger charge is -2.44. The van der Waals surface area contributed by atoms with Crippen molar-refractivity contribution < 1.29 is 14.3 Å². The van der Waals surface area contributed by atoms with Gasteiger partial charge < -0.3 is 10.4 Å². The maximum absolute atomic E-state index is 15.2. The summed E-state index contributed by atoms with van der Waals surface area (Å²) in [6.45, 7) is 16.1. The van der Waals surface area contributed by atoms with Crippen molar-refractivity contribution in [3.05, 3.63) is 88.5 Å². The molecule has 1 saturated heterocycles. The molecule has 0 aromatic heterocycles. The molecule has 6 heteroatoms. The smallest absolute Gasteiger partial charge is 0.229 e. The molecule has 0 spiro atoms. The molecular weight excluding hydrogens is 513 g/mol. The normalized spacial score (nSPS) is 22.7. The fraction of sp³-hybridized carbons (Fsp3) is 0.514. The minimum Gasteiger partial charge on any atom is -0.374 e. The molecule has 4 atom stereocenters. The predicted octanol–water partition coefficient (Wildman–Crippen LogP) is 7.15. The van der Waals surface area contributed by atoms with Crippen molar-refractivity contribution in [2.45, 2.75) is 91.2 Å². The average Bonchev–Trinajstić information content (AvgIpc) is 2.95. The van der Waals surface area contributed by atoms with Crippen molar-refractivity contribution in [1.29, 1.82) is 0 Å². The van der Waals surface area contributed by atoms with Gasteiger partial charge in [0, 0.05) is 36.8 Å². The van der Waals surface area contributed by atoms with Crippen LogP contribution in [0.4, 0.5) is 10.1 Å². The lowest BCUT2D eigenvalue weighted by molar-refractivity contribution is -0.127. The monoisotopic (exact) mass is 561 g/mol. The summed E-state index contributed by atoms with van der Waals surface area (Å²) in [5.74, 6) is -0.473. The molecule has 41 heavy (non-hydrogen) atoms. The highest BCUT2D eigenvalue weighted by molar-refractivity contribution is 5.93. The van der Waals surface area contributed by atoms with Crippen LogP contribution in [0.2, 0.25) is 0 Å². The molecule has 2 aromatic carbocycles. The largest absolute Gasteiger partial charge is 0.374 e. The number of likely N-dealkylation sites (tertiary alicyclic amines) is 1. The van der Waals surface area contributed by atoms with Crippen LogP contribution in [0.1, 0.15) is 83.5 Å². The van der Waals surface area contributed by atoms with Crippen molar-refractivity contribution in [2.75, 3.05) is 25.0 Å². The summed E-state index contributed by atoms with van der Waals surface area (Å²) in [6, 6.07) is 16.1. The summed E-state index contributed by atoms with van der Waals surface area (Å²) in [5, 5.41) is 14.9. The Hall–Kier alpha value is -2.80. The zero-order valence-corrected chi connectivity index (χ0v) is 25.7. The number of carbonyl (C=O) groups is 1. The van der Waals surface area contributed by atoms with Crippen LogP contribution in [0.3, 0.4) is 0 Å². The van der Waals surface area contributed by atoms with E-state index < -0.39 is 18.3 Å². The van der Waals surface area contributed by atoms with E-state index >= 15 is 4.39 Å². The Morgan fingerprint density at radius 3 is 2.49 bits per heavy atom. The van der Waals surface area contributed by atoms with Crippen molar-refractivity contribution >= 4 is 11.6 Å². The van der Waals surface area contributed by atoms with Crippen molar-refractivity contribution in [1.82, 2.24) is 9.80 Å². The number of anilines is 1. The van der Waals surface area contributed by atoms with Gasteiger partial charge in [0.05, 0.1) is 5.92 Å². The van der Waals surface area contributed by atoms with Crippen molar-refractivity contribution in [3.8, 4) is 0 Å². The Morgan fingerprint density at radius 2 is 1.85 bits per heavy atom. The Kier molecular flexibility index (Phi) is 10.2. The number of aliphatic hydroxyl groups excluding tert-OH is 1. The topological polar surface area (TPSA) is 55.8 Å². The minimum absolute atomic E-state index is 0.0369. The van der Waals surface area contributed by atoms with E-state index in [0.717, 1.165) is 48.4 Å². The Balaban J connectivity index is 1.68. The van der Waals surface area contributed by atoms with Crippen LogP contribution in [-0.2, 0) is 16.8 Å². The molecule has 2 N–H and O–H groups in total. The molecule has 1 amide bonds. The molecule has 2 aliphatic rings. The molecular formula is C35H48FN3O2. The number of nitrogens with one attached hydrogen (secondary N) is 1. The molecule has 5 nitrogen and oxygen atoms in total. The zero-order valence-electron chi connectivity index (χ0n) is 25.7. The van der Waals surface area contributed by atoms with Crippen LogP contribution in [0.5, 0.6) is 0 Å². The number of halogens is 1. The summed E-state index contributed by atoms with van der Waals surface area (Å²) in [4.78, 5) is 18.3. The number of nitrogens with zero attached hydrogens (tertiary/aromatic N) is 2. The summed E-state index contributed by atoms with van der Waals surface area (Å²) < 4.78 is 15.2. The first kappa shape index (κ1) is 31.1. The molecule has 0 radical (unpaired) electrons. The molecule has 0 bridgehead atoms. The number of benzene rings is 2. The highest BCUT2D eigenvalue weighted by Crippen LogP contribution is 2.41. The third-order valence-corrected chi connectivity index (χ3v) is 8.72. The number of piperidine rings is 1. The van der Waals surface area contributed by atoms with Crippen molar-refractivity contribution in [3.63, 3.8) is 0 Å². The van der Waals surface area contributed by atoms with Gasteiger partial charge in [-0.2, -0.15) is 0 Å². The molecule has 222 valence electrons. The maximum Gasteiger partial charge on any atom is 0.229 e. The highest BCUT2D eigenvalue weighted by atomic mass is 19.1. The lowest BCUT2D eigenvalue weighted by Crippen LogP contribution is -2.50. The van der Waals surface area contributed by atoms with Gasteiger partial charge in [-0.3, -0.25) is 14.6 Å². The van der Waals surface area contributed by atoms with E-state index in [-0.39, 0.29) is 23.8 Å². The number of alkyl halides is 1. The van der Waals surface area contributed by atoms with Crippen LogP contribution >= 0.6 is 0 Å². The van der Waals surface area contributed by atoms with Gasteiger partial charge >= 0.3 is 0 Å². The summed E-state index contributed by atoms with van der Waals surface area (Å²) >= 11 is 0. The first-order chi connectivity index (χ1) is 19.5. The molecule has 4 rings (SSSR count). The number of hydrogen-bond donors (Lipinski definition) is 2. The van der Waals surface area contributed by atoms with E-state index in [2.05, 4.69) is 75.2 Å². The lowest BCUT2D eigenvalue weighted by atomic mass is 9.82. The van der Waals surface area contributed by atoms with Crippen molar-refractivity contribution in [2.24, 2.45) is 5.92 Å². The molecule has 3 unspecified atom stereocenters. The molecule has 0 saturated carbocycles. The second-order valence-corrected chi connectivity index (χ2v) is 12.6. The zero-order chi connectivity index (χ0) is 29.7. The third-order valence-electron chi connectivity index (χ3n) is 8.72. The Morgan fingerprint density at radius 1 is 1.15 bits per heavy atom. The number of aliphatic hydroxyl groups is 1. The quantitative estimate of drug-likeness (QED) is 0.341. The number of allylic oxidation sites excluding steroid dienone is 3. The van der Waals surface area contributed by atoms with Gasteiger partial charge in [0.1, 0.15) is 12.4 Å². The van der Waals surface area contributed by atoms with E-state index in [0.29, 0.717) is 18.5 Å². The molecule has 1 fully saturated rings. The van der Waals surface area contributed by atoms with Gasteiger partial charge in [-0.05, 0) is 72.7 Å². The third kappa shape index (κ3) is 7.35. The number of amides is 1. The summed E-state index contributed by atoms with van der Waals surface area (Å²) in [5.41, 5.74) is 5.23. The second kappa shape index (κ2) is 13.5. The van der Waals surface area contributed by atoms with Gasteiger partial charge in [-0.15, -0.1) is 0 Å². The van der Waals surface area contributed by atoms with E-state index in [1.807, 2.05) is 42.2 Å². The van der Waals surface area contributed by atoms with Gasteiger partial charge in [-0.1, -0.05) is 83.2 Å². The van der Waals surface area contributed by atoms with Gasteiger partial charge in [0.15, 0.2) is 0 Å². The van der Waals surface area contributed by atoms with Crippen LogP contribution in [-0.4, -0.2) is 52.8 Å². The highest BCUT2D eigenvalue weighted by Gasteiger charge is 2.42. The average molecular weight is 562 g/mol. The van der Waals surface area contributed by atoms with Gasteiger partial charge in [-0.25, -0.2) is 4.39 Å². The van der Waals surface area contributed by atoms with E-state index in [1.165, 1.54) is 5.56 Å². The Bertz CT molecular complexity index is 1240. The van der Waals surface area contributed by atoms with Gasteiger partial charge in [0.25, 0.3) is 0 Å².